The molecule has 0 saturated carbocycles. The van der Waals surface area contributed by atoms with Gasteiger partial charge in [-0.3, -0.25) is 0 Å². The predicted molar refractivity (Wildman–Crippen MR) is 108 cm³/mol. The van der Waals surface area contributed by atoms with Crippen LogP contribution in [0.1, 0.15) is 49.3 Å². The first kappa shape index (κ1) is 20.4. The molecule has 0 aliphatic carbocycles. The summed E-state index contributed by atoms with van der Waals surface area (Å²) in [4.78, 5) is 10.5. The second-order valence-electron chi connectivity index (χ2n) is 6.97. The number of carbonyl (C=O) groups is 1. The highest BCUT2D eigenvalue weighted by Gasteiger charge is 2.28. The molecule has 1 unspecified atom stereocenters. The van der Waals surface area contributed by atoms with Gasteiger partial charge in [-0.25, -0.2) is 13.6 Å². The molecular formula is C21H25NO5S. The number of primary sulfonamides is 1. The van der Waals surface area contributed by atoms with E-state index in [-0.39, 0.29) is 11.9 Å². The van der Waals surface area contributed by atoms with Crippen LogP contribution in [0.4, 0.5) is 0 Å². The number of nitrogens with two attached hydrogens (primary N) is 1. The maximum atomic E-state index is 11.5. The molecule has 0 bridgehead atoms. The van der Waals surface area contributed by atoms with Crippen molar-refractivity contribution >= 4 is 16.3 Å². The average molecular weight is 404 g/mol. The van der Waals surface area contributed by atoms with E-state index in [1.807, 2.05) is 30.3 Å². The summed E-state index contributed by atoms with van der Waals surface area (Å²) >= 11 is 0. The molecule has 1 heterocycles. The maximum absolute atomic E-state index is 11.5. The second kappa shape index (κ2) is 8.75. The molecular weight excluding hydrogens is 378 g/mol. The van der Waals surface area contributed by atoms with E-state index in [0.29, 0.717) is 17.7 Å². The first-order chi connectivity index (χ1) is 13.4. The van der Waals surface area contributed by atoms with Crippen molar-refractivity contribution in [2.24, 2.45) is 5.14 Å². The fourth-order valence-electron chi connectivity index (χ4n) is 3.64. The van der Waals surface area contributed by atoms with Gasteiger partial charge in [0.1, 0.15) is 23.9 Å². The lowest BCUT2D eigenvalue weighted by Gasteiger charge is -2.30. The molecule has 3 rings (SSSR count). The Hall–Kier alpha value is -2.38. The molecule has 1 aliphatic rings. The van der Waals surface area contributed by atoms with Crippen molar-refractivity contribution in [1.29, 1.82) is 0 Å². The Labute approximate surface area is 165 Å². The third-order valence-corrected chi connectivity index (χ3v) is 5.60. The molecule has 7 heteroatoms. The normalized spacial score (nSPS) is 15.3. The number of unbranched alkanes of at least 4 members (excludes halogenated alkanes) is 3. The first-order valence-electron chi connectivity index (χ1n) is 9.34. The summed E-state index contributed by atoms with van der Waals surface area (Å²) in [6.07, 6.45) is 4.81. The lowest BCUT2D eigenvalue weighted by Crippen LogP contribution is -2.17. The molecule has 2 N–H and O–H groups in total. The number of carbonyl (C=O) groups excluding carboxylic acids is 1. The van der Waals surface area contributed by atoms with E-state index >= 15 is 0 Å². The van der Waals surface area contributed by atoms with Crippen molar-refractivity contribution in [3.8, 4) is 22.6 Å². The van der Waals surface area contributed by atoms with Crippen LogP contribution in [0.5, 0.6) is 11.5 Å². The molecule has 0 saturated heterocycles. The third kappa shape index (κ3) is 4.72. The lowest BCUT2D eigenvalue weighted by atomic mass is 9.89. The molecule has 28 heavy (non-hydrogen) atoms. The van der Waals surface area contributed by atoms with Gasteiger partial charge in [0.2, 0.25) is 10.0 Å². The molecule has 6 nitrogen and oxygen atoms in total. The van der Waals surface area contributed by atoms with Crippen LogP contribution in [0.3, 0.4) is 0 Å². The number of ether oxygens (including phenoxy) is 2. The fraction of sp³-hybridized carbons (Fsp3) is 0.381. The van der Waals surface area contributed by atoms with E-state index in [4.69, 9.17) is 14.6 Å². The Balaban J connectivity index is 1.96. The van der Waals surface area contributed by atoms with E-state index in [2.05, 4.69) is 0 Å². The summed E-state index contributed by atoms with van der Waals surface area (Å²) in [7, 11) is -2.01. The van der Waals surface area contributed by atoms with Crippen molar-refractivity contribution in [2.75, 3.05) is 7.11 Å². The van der Waals surface area contributed by atoms with Crippen LogP contribution in [-0.4, -0.2) is 21.8 Å². The Bertz CT molecular complexity index is 955. The van der Waals surface area contributed by atoms with Crippen molar-refractivity contribution in [3.63, 3.8) is 0 Å². The largest absolute Gasteiger partial charge is 0.496 e. The van der Waals surface area contributed by atoms with E-state index < -0.39 is 10.0 Å². The Kier molecular flexibility index (Phi) is 6.36. The van der Waals surface area contributed by atoms with Crippen LogP contribution < -0.4 is 14.6 Å². The zero-order valence-corrected chi connectivity index (χ0v) is 16.7. The molecule has 0 amide bonds. The Morgan fingerprint density at radius 3 is 2.71 bits per heavy atom. The minimum atomic E-state index is -3.62. The number of hydrogen-bond acceptors (Lipinski definition) is 5. The van der Waals surface area contributed by atoms with E-state index in [1.54, 1.807) is 13.2 Å². The molecule has 0 radical (unpaired) electrons. The maximum Gasteiger partial charge on any atom is 0.213 e. The van der Waals surface area contributed by atoms with Gasteiger partial charge in [0, 0.05) is 12.0 Å². The van der Waals surface area contributed by atoms with Crippen molar-refractivity contribution in [2.45, 2.75) is 44.0 Å². The number of fused-ring (bicyclic) bond motifs is 3. The van der Waals surface area contributed by atoms with Crippen molar-refractivity contribution in [3.05, 3.63) is 47.5 Å². The van der Waals surface area contributed by atoms with Gasteiger partial charge in [-0.15, -0.1) is 0 Å². The highest BCUT2D eigenvalue weighted by atomic mass is 32.2. The third-order valence-electron chi connectivity index (χ3n) is 4.87. The van der Waals surface area contributed by atoms with Gasteiger partial charge >= 0.3 is 0 Å². The van der Waals surface area contributed by atoms with Gasteiger partial charge in [0.25, 0.3) is 0 Å². The standard InChI is InChI=1S/C21H25NO5S/c1-26-19-8-6-9-20-21(19)16-11-10-15(14-28(22,24)25)13-17(16)18(27-20)7-4-2-3-5-12-23/h6,8-13,18H,2-5,7,14H2,1H3,(H2,22,24,25). The summed E-state index contributed by atoms with van der Waals surface area (Å²) in [5.41, 5.74) is 3.43. The minimum absolute atomic E-state index is 0.189. The number of aldehydes is 1. The summed E-state index contributed by atoms with van der Waals surface area (Å²) in [5, 5.41) is 5.22. The van der Waals surface area contributed by atoms with E-state index in [9.17, 15) is 13.2 Å². The van der Waals surface area contributed by atoms with Crippen LogP contribution >= 0.6 is 0 Å². The van der Waals surface area contributed by atoms with E-state index in [0.717, 1.165) is 54.4 Å². The molecule has 1 atom stereocenters. The molecule has 1 aliphatic heterocycles. The monoisotopic (exact) mass is 403 g/mol. The topological polar surface area (TPSA) is 95.7 Å². The number of methoxy groups -OCH3 is 1. The quantitative estimate of drug-likeness (QED) is 0.508. The minimum Gasteiger partial charge on any atom is -0.496 e. The molecule has 0 fully saturated rings. The first-order valence-corrected chi connectivity index (χ1v) is 11.1. The number of sulfonamides is 1. The molecule has 0 aromatic heterocycles. The second-order valence-corrected chi connectivity index (χ2v) is 8.59. The Morgan fingerprint density at radius 2 is 2.00 bits per heavy atom. The summed E-state index contributed by atoms with van der Waals surface area (Å²) in [6, 6.07) is 11.2. The van der Waals surface area contributed by atoms with Gasteiger partial charge in [-0.1, -0.05) is 30.7 Å². The lowest BCUT2D eigenvalue weighted by molar-refractivity contribution is -0.107. The van der Waals surface area contributed by atoms with Gasteiger partial charge in [0.15, 0.2) is 0 Å². The summed E-state index contributed by atoms with van der Waals surface area (Å²) in [6.45, 7) is 0. The van der Waals surface area contributed by atoms with E-state index in [1.165, 1.54) is 0 Å². The highest BCUT2D eigenvalue weighted by Crippen LogP contribution is 2.48. The van der Waals surface area contributed by atoms with Gasteiger partial charge in [-0.2, -0.15) is 0 Å². The predicted octanol–water partition coefficient (Wildman–Crippen LogP) is 3.73. The highest BCUT2D eigenvalue weighted by molar-refractivity contribution is 7.88. The molecule has 0 spiro atoms. The van der Waals surface area contributed by atoms with Gasteiger partial charge < -0.3 is 14.3 Å². The SMILES string of the molecule is COc1cccc2c1-c1ccc(CS(N)(=O)=O)cc1C(CCCCCC=O)O2. The van der Waals surface area contributed by atoms with Crippen LogP contribution in [0.25, 0.3) is 11.1 Å². The number of rotatable bonds is 9. The van der Waals surface area contributed by atoms with Crippen molar-refractivity contribution < 1.29 is 22.7 Å². The average Bonchev–Trinajstić information content (AvgIpc) is 2.65. The van der Waals surface area contributed by atoms with Crippen LogP contribution in [0.15, 0.2) is 36.4 Å². The summed E-state index contributed by atoms with van der Waals surface area (Å²) in [5.74, 6) is 1.25. The van der Waals surface area contributed by atoms with Crippen LogP contribution in [-0.2, 0) is 20.6 Å². The molecule has 2 aromatic carbocycles. The zero-order chi connectivity index (χ0) is 20.1. The van der Waals surface area contributed by atoms with Gasteiger partial charge in [-0.05, 0) is 42.5 Å². The van der Waals surface area contributed by atoms with Crippen LogP contribution in [0.2, 0.25) is 0 Å². The molecule has 150 valence electrons. The van der Waals surface area contributed by atoms with Crippen LogP contribution in [0, 0.1) is 0 Å². The fourth-order valence-corrected chi connectivity index (χ4v) is 4.28. The van der Waals surface area contributed by atoms with Gasteiger partial charge in [0.05, 0.1) is 18.4 Å². The number of benzene rings is 2. The van der Waals surface area contributed by atoms with Crippen molar-refractivity contribution in [1.82, 2.24) is 0 Å². The number of hydrogen-bond donors (Lipinski definition) is 1. The summed E-state index contributed by atoms with van der Waals surface area (Å²) < 4.78 is 34.8. The zero-order valence-electron chi connectivity index (χ0n) is 15.9. The Morgan fingerprint density at radius 1 is 1.18 bits per heavy atom. The smallest absolute Gasteiger partial charge is 0.213 e. The molecule has 2 aromatic rings.